The van der Waals surface area contributed by atoms with Crippen molar-refractivity contribution in [1.29, 1.82) is 0 Å². The number of amides is 2. The first-order valence-electron chi connectivity index (χ1n) is 8.24. The monoisotopic (exact) mass is 454 g/mol. The molecule has 2 aromatic carbocycles. The standard InChI is InChI=1S/C18H16Cl2N4O2S2/c1-2-26-14-7-5-13(6-8-14)21-16(25)22-17-23-24-18(28-17)27-10-11-3-4-12(19)9-15(11)20/h3-9H,2,10H2,1H3,(H2,21,22,23,25). The highest BCUT2D eigenvalue weighted by molar-refractivity contribution is 8.00. The van der Waals surface area contributed by atoms with Crippen molar-refractivity contribution < 1.29 is 9.53 Å². The highest BCUT2D eigenvalue weighted by Crippen LogP contribution is 2.31. The van der Waals surface area contributed by atoms with Crippen molar-refractivity contribution in [3.8, 4) is 5.75 Å². The first-order chi connectivity index (χ1) is 13.5. The van der Waals surface area contributed by atoms with E-state index in [9.17, 15) is 4.79 Å². The zero-order valence-electron chi connectivity index (χ0n) is 14.7. The number of carbonyl (C=O) groups excluding carboxylic acids is 1. The summed E-state index contributed by atoms with van der Waals surface area (Å²) in [5.41, 5.74) is 1.60. The van der Waals surface area contributed by atoms with Crippen molar-refractivity contribution in [1.82, 2.24) is 10.2 Å². The molecular weight excluding hydrogens is 439 g/mol. The lowest BCUT2D eigenvalue weighted by atomic mass is 10.2. The van der Waals surface area contributed by atoms with E-state index in [1.807, 2.05) is 13.0 Å². The SMILES string of the molecule is CCOc1ccc(NC(=O)Nc2nnc(SCc3ccc(Cl)cc3Cl)s2)cc1. The molecule has 0 saturated carbocycles. The predicted molar refractivity (Wildman–Crippen MR) is 116 cm³/mol. The molecule has 0 spiro atoms. The van der Waals surface area contributed by atoms with Crippen molar-refractivity contribution in [2.24, 2.45) is 0 Å². The van der Waals surface area contributed by atoms with E-state index < -0.39 is 6.03 Å². The van der Waals surface area contributed by atoms with Gasteiger partial charge in [-0.1, -0.05) is 52.4 Å². The molecule has 2 N–H and O–H groups in total. The Morgan fingerprint density at radius 1 is 1.14 bits per heavy atom. The number of hydrogen-bond acceptors (Lipinski definition) is 6. The van der Waals surface area contributed by atoms with Crippen LogP contribution in [0.15, 0.2) is 46.8 Å². The van der Waals surface area contributed by atoms with E-state index in [1.165, 1.54) is 23.1 Å². The average Bonchev–Trinajstić information content (AvgIpc) is 3.10. The minimum atomic E-state index is -0.391. The number of aromatic nitrogens is 2. The van der Waals surface area contributed by atoms with Gasteiger partial charge in [0.15, 0.2) is 4.34 Å². The zero-order chi connectivity index (χ0) is 19.9. The van der Waals surface area contributed by atoms with Crippen LogP contribution in [-0.2, 0) is 5.75 Å². The zero-order valence-corrected chi connectivity index (χ0v) is 17.9. The maximum atomic E-state index is 12.1. The van der Waals surface area contributed by atoms with Gasteiger partial charge in [0, 0.05) is 21.5 Å². The maximum absolute atomic E-state index is 12.1. The topological polar surface area (TPSA) is 76.1 Å². The van der Waals surface area contributed by atoms with E-state index in [4.69, 9.17) is 27.9 Å². The number of benzene rings is 2. The molecule has 0 fully saturated rings. The summed E-state index contributed by atoms with van der Waals surface area (Å²) in [6.45, 7) is 2.51. The van der Waals surface area contributed by atoms with Crippen molar-refractivity contribution in [2.45, 2.75) is 17.0 Å². The van der Waals surface area contributed by atoms with Gasteiger partial charge in [0.05, 0.1) is 6.61 Å². The van der Waals surface area contributed by atoms with Crippen LogP contribution in [0.4, 0.5) is 15.6 Å². The van der Waals surface area contributed by atoms with Gasteiger partial charge in [-0.05, 0) is 48.9 Å². The lowest BCUT2D eigenvalue weighted by molar-refractivity contribution is 0.262. The Hall–Kier alpha value is -2.00. The van der Waals surface area contributed by atoms with E-state index in [2.05, 4.69) is 20.8 Å². The van der Waals surface area contributed by atoms with Crippen LogP contribution in [0.25, 0.3) is 0 Å². The number of anilines is 2. The van der Waals surface area contributed by atoms with Crippen LogP contribution in [-0.4, -0.2) is 22.8 Å². The van der Waals surface area contributed by atoms with E-state index >= 15 is 0 Å². The summed E-state index contributed by atoms with van der Waals surface area (Å²) in [5.74, 6) is 1.38. The number of rotatable bonds is 7. The predicted octanol–water partition coefficient (Wildman–Crippen LogP) is 6.18. The number of carbonyl (C=O) groups is 1. The van der Waals surface area contributed by atoms with Gasteiger partial charge in [0.2, 0.25) is 5.13 Å². The quantitative estimate of drug-likeness (QED) is 0.329. The van der Waals surface area contributed by atoms with Crippen molar-refractivity contribution in [3.05, 3.63) is 58.1 Å². The molecule has 1 aromatic heterocycles. The number of nitrogens with one attached hydrogen (secondary N) is 2. The Morgan fingerprint density at radius 3 is 2.64 bits per heavy atom. The van der Waals surface area contributed by atoms with Crippen LogP contribution >= 0.6 is 46.3 Å². The number of thioether (sulfide) groups is 1. The molecule has 3 aromatic rings. The van der Waals surface area contributed by atoms with Crippen LogP contribution in [0.3, 0.4) is 0 Å². The molecule has 146 valence electrons. The maximum Gasteiger partial charge on any atom is 0.325 e. The number of urea groups is 1. The molecule has 3 rings (SSSR count). The highest BCUT2D eigenvalue weighted by Gasteiger charge is 2.10. The summed E-state index contributed by atoms with van der Waals surface area (Å²) in [7, 11) is 0. The van der Waals surface area contributed by atoms with Gasteiger partial charge >= 0.3 is 6.03 Å². The molecule has 0 bridgehead atoms. The van der Waals surface area contributed by atoms with Gasteiger partial charge < -0.3 is 10.1 Å². The summed E-state index contributed by atoms with van der Waals surface area (Å²) in [6, 6.07) is 12.1. The molecule has 0 radical (unpaired) electrons. The third-order valence-corrected chi connectivity index (χ3v) is 6.02. The third-order valence-electron chi connectivity index (χ3n) is 3.42. The molecular formula is C18H16Cl2N4O2S2. The fourth-order valence-electron chi connectivity index (χ4n) is 2.16. The fraction of sp³-hybridized carbons (Fsp3) is 0.167. The lowest BCUT2D eigenvalue weighted by Crippen LogP contribution is -2.19. The summed E-state index contributed by atoms with van der Waals surface area (Å²) in [4.78, 5) is 12.1. The summed E-state index contributed by atoms with van der Waals surface area (Å²) in [6.07, 6.45) is 0. The fourth-order valence-corrected chi connectivity index (χ4v) is 4.46. The normalized spacial score (nSPS) is 10.5. The first-order valence-corrected chi connectivity index (χ1v) is 10.8. The number of hydrogen-bond donors (Lipinski definition) is 2. The molecule has 6 nitrogen and oxygen atoms in total. The van der Waals surface area contributed by atoms with Crippen LogP contribution in [0.2, 0.25) is 10.0 Å². The minimum Gasteiger partial charge on any atom is -0.494 e. The van der Waals surface area contributed by atoms with Crippen molar-refractivity contribution in [3.63, 3.8) is 0 Å². The van der Waals surface area contributed by atoms with Gasteiger partial charge in [-0.2, -0.15) is 0 Å². The Morgan fingerprint density at radius 2 is 1.93 bits per heavy atom. The summed E-state index contributed by atoms with van der Waals surface area (Å²) in [5, 5.41) is 15.1. The molecule has 0 atom stereocenters. The van der Waals surface area contributed by atoms with Gasteiger partial charge in [-0.15, -0.1) is 10.2 Å². The average molecular weight is 455 g/mol. The van der Waals surface area contributed by atoms with E-state index in [-0.39, 0.29) is 0 Å². The van der Waals surface area contributed by atoms with Crippen LogP contribution in [0.5, 0.6) is 5.75 Å². The number of halogens is 2. The Bertz CT molecular complexity index is 951. The minimum absolute atomic E-state index is 0.391. The number of ether oxygens (including phenoxy) is 1. The molecule has 0 aliphatic rings. The molecule has 0 aliphatic heterocycles. The smallest absolute Gasteiger partial charge is 0.325 e. The van der Waals surface area contributed by atoms with Gasteiger partial charge in [0.25, 0.3) is 0 Å². The van der Waals surface area contributed by atoms with E-state index in [0.717, 1.165) is 15.7 Å². The molecule has 28 heavy (non-hydrogen) atoms. The molecule has 2 amide bonds. The Kier molecular flexibility index (Phi) is 7.38. The highest BCUT2D eigenvalue weighted by atomic mass is 35.5. The van der Waals surface area contributed by atoms with Crippen LogP contribution < -0.4 is 15.4 Å². The van der Waals surface area contributed by atoms with Crippen molar-refractivity contribution in [2.75, 3.05) is 17.2 Å². The van der Waals surface area contributed by atoms with Gasteiger partial charge in [0.1, 0.15) is 5.75 Å². The molecule has 0 unspecified atom stereocenters. The van der Waals surface area contributed by atoms with E-state index in [1.54, 1.807) is 36.4 Å². The molecule has 10 heteroatoms. The molecule has 1 heterocycles. The summed E-state index contributed by atoms with van der Waals surface area (Å²) < 4.78 is 6.09. The van der Waals surface area contributed by atoms with Crippen molar-refractivity contribution >= 4 is 63.2 Å². The second-order valence-corrected chi connectivity index (χ2v) is 8.48. The Balaban J connectivity index is 1.51. The second kappa shape index (κ2) is 9.97. The largest absolute Gasteiger partial charge is 0.494 e. The lowest BCUT2D eigenvalue weighted by Gasteiger charge is -2.06. The molecule has 0 saturated heterocycles. The Labute approximate surface area is 180 Å². The van der Waals surface area contributed by atoms with Crippen LogP contribution in [0.1, 0.15) is 12.5 Å². The third kappa shape index (κ3) is 6.00. The van der Waals surface area contributed by atoms with Gasteiger partial charge in [-0.3, -0.25) is 5.32 Å². The summed E-state index contributed by atoms with van der Waals surface area (Å²) >= 11 is 14.8. The second-order valence-electron chi connectivity index (χ2n) is 5.43. The van der Waals surface area contributed by atoms with E-state index in [0.29, 0.717) is 33.2 Å². The first kappa shape index (κ1) is 20.7. The molecule has 0 aliphatic carbocycles. The number of nitrogens with zero attached hydrogens (tertiary/aromatic N) is 2. The van der Waals surface area contributed by atoms with Gasteiger partial charge in [-0.25, -0.2) is 4.79 Å². The van der Waals surface area contributed by atoms with Crippen LogP contribution in [0, 0.1) is 0 Å².